The number of rotatable bonds is 7. The van der Waals surface area contributed by atoms with Crippen molar-refractivity contribution in [3.8, 4) is 0 Å². The van der Waals surface area contributed by atoms with Gasteiger partial charge in [-0.2, -0.15) is 0 Å². The van der Waals surface area contributed by atoms with Crippen LogP contribution < -0.4 is 0 Å². The van der Waals surface area contributed by atoms with E-state index >= 15 is 0 Å². The smallest absolute Gasteiger partial charge is 0.132 e. The summed E-state index contributed by atoms with van der Waals surface area (Å²) < 4.78 is 0. The minimum atomic E-state index is -0.173. The number of ketones is 1. The van der Waals surface area contributed by atoms with Gasteiger partial charge in [0.1, 0.15) is 11.3 Å². The van der Waals surface area contributed by atoms with E-state index in [1.807, 2.05) is 31.2 Å². The fraction of sp³-hybridized carbons (Fsp3) is 0.300. The van der Waals surface area contributed by atoms with Gasteiger partial charge >= 0.3 is 0 Å². The summed E-state index contributed by atoms with van der Waals surface area (Å²) in [4.78, 5) is 16.6. The van der Waals surface area contributed by atoms with Crippen LogP contribution in [-0.4, -0.2) is 17.0 Å². The number of carbonyl (C=O) groups is 1. The second kappa shape index (κ2) is 6.27. The van der Waals surface area contributed by atoms with Gasteiger partial charge < -0.3 is 0 Å². The Morgan fingerprint density at radius 3 is 2.27 bits per heavy atom. The zero-order valence-corrected chi connectivity index (χ0v) is 13.0. The molecule has 0 fully saturated rings. The Morgan fingerprint density at radius 2 is 1.64 bits per heavy atom. The number of hydrogen-bond acceptors (Lipinski definition) is 2. The van der Waals surface area contributed by atoms with Crippen molar-refractivity contribution in [1.82, 2.24) is 0 Å². The molecule has 0 spiro atoms. The molecule has 0 amide bonds. The van der Waals surface area contributed by atoms with E-state index in [0.29, 0.717) is 18.6 Å². The summed E-state index contributed by atoms with van der Waals surface area (Å²) in [5.41, 5.74) is 3.44. The van der Waals surface area contributed by atoms with Crippen LogP contribution in [0.25, 0.3) is 0 Å². The van der Waals surface area contributed by atoms with Crippen LogP contribution in [0.4, 0.5) is 0 Å². The van der Waals surface area contributed by atoms with Gasteiger partial charge in [-0.3, -0.25) is 9.79 Å². The molecular weight excluding hydrogens is 270 g/mol. The Bertz CT molecular complexity index is 675. The van der Waals surface area contributed by atoms with Gasteiger partial charge in [0.2, 0.25) is 0 Å². The molecule has 0 bridgehead atoms. The van der Waals surface area contributed by atoms with Crippen LogP contribution in [0.1, 0.15) is 37.3 Å². The van der Waals surface area contributed by atoms with Crippen LogP contribution in [-0.2, 0) is 11.2 Å². The van der Waals surface area contributed by atoms with Gasteiger partial charge in [0.15, 0.2) is 0 Å². The lowest BCUT2D eigenvalue weighted by molar-refractivity contribution is -0.118. The highest BCUT2D eigenvalue weighted by molar-refractivity contribution is 6.17. The van der Waals surface area contributed by atoms with Gasteiger partial charge in [0.25, 0.3) is 0 Å². The van der Waals surface area contributed by atoms with Crippen LogP contribution in [0.5, 0.6) is 0 Å². The number of benzene rings is 2. The number of hydrogen-bond donors (Lipinski definition) is 0. The highest BCUT2D eigenvalue weighted by Crippen LogP contribution is 2.40. The fourth-order valence-electron chi connectivity index (χ4n) is 2.96. The van der Waals surface area contributed by atoms with Crippen LogP contribution in [0.2, 0.25) is 0 Å². The van der Waals surface area contributed by atoms with Crippen molar-refractivity contribution in [3.63, 3.8) is 0 Å². The van der Waals surface area contributed by atoms with Crippen molar-refractivity contribution < 1.29 is 4.79 Å². The number of carbonyl (C=O) groups excluding carboxylic acids is 1. The Hall–Kier alpha value is -2.22. The average molecular weight is 291 g/mol. The van der Waals surface area contributed by atoms with E-state index in [9.17, 15) is 4.79 Å². The summed E-state index contributed by atoms with van der Waals surface area (Å²) in [6.07, 6.45) is 2.93. The second-order valence-electron chi connectivity index (χ2n) is 5.91. The summed E-state index contributed by atoms with van der Waals surface area (Å²) >= 11 is 0. The van der Waals surface area contributed by atoms with Crippen molar-refractivity contribution in [2.75, 3.05) is 0 Å². The zero-order chi connectivity index (χ0) is 15.4. The first-order valence-electron chi connectivity index (χ1n) is 7.95. The third-order valence-electron chi connectivity index (χ3n) is 4.31. The minimum absolute atomic E-state index is 0.173. The fourth-order valence-corrected chi connectivity index (χ4v) is 2.96. The Labute approximate surface area is 131 Å². The van der Waals surface area contributed by atoms with E-state index in [-0.39, 0.29) is 5.54 Å². The van der Waals surface area contributed by atoms with Gasteiger partial charge in [-0.25, -0.2) is 0 Å². The van der Waals surface area contributed by atoms with Gasteiger partial charge in [-0.1, -0.05) is 67.6 Å². The standard InChI is InChI=1S/C20H21NO/c1-2-18(22)13-14-20(15-16-9-5-3-6-10-16)19(21-20)17-11-7-4-8-12-17/h3-12H,2,13-15H2,1H3. The molecule has 0 saturated carbocycles. The maximum absolute atomic E-state index is 11.7. The molecule has 0 aromatic heterocycles. The quantitative estimate of drug-likeness (QED) is 0.750. The van der Waals surface area contributed by atoms with Gasteiger partial charge in [0, 0.05) is 19.3 Å². The predicted molar refractivity (Wildman–Crippen MR) is 90.4 cm³/mol. The highest BCUT2D eigenvalue weighted by Gasteiger charge is 2.47. The molecular formula is C20H21NO. The van der Waals surface area contributed by atoms with Gasteiger partial charge in [-0.05, 0) is 17.5 Å². The lowest BCUT2D eigenvalue weighted by atomic mass is 9.86. The van der Waals surface area contributed by atoms with Crippen molar-refractivity contribution in [2.45, 2.75) is 38.1 Å². The maximum atomic E-state index is 11.7. The summed E-state index contributed by atoms with van der Waals surface area (Å²) in [7, 11) is 0. The first-order valence-corrected chi connectivity index (χ1v) is 7.95. The van der Waals surface area contributed by atoms with Crippen molar-refractivity contribution in [2.24, 2.45) is 4.99 Å². The normalized spacial score (nSPS) is 19.6. The summed E-state index contributed by atoms with van der Waals surface area (Å²) in [5.74, 6) is 0.321. The van der Waals surface area contributed by atoms with Crippen LogP contribution in [0.15, 0.2) is 65.7 Å². The molecule has 0 saturated heterocycles. The van der Waals surface area contributed by atoms with Crippen LogP contribution >= 0.6 is 0 Å². The van der Waals surface area contributed by atoms with Crippen LogP contribution in [0.3, 0.4) is 0 Å². The molecule has 1 heterocycles. The molecule has 1 aliphatic heterocycles. The molecule has 1 unspecified atom stereocenters. The molecule has 3 rings (SSSR count). The predicted octanol–water partition coefficient (Wildman–Crippen LogP) is 4.23. The second-order valence-corrected chi connectivity index (χ2v) is 5.91. The first kappa shape index (κ1) is 14.7. The van der Waals surface area contributed by atoms with Crippen molar-refractivity contribution in [1.29, 1.82) is 0 Å². The summed E-state index contributed by atoms with van der Waals surface area (Å²) in [5, 5.41) is 0. The third-order valence-corrected chi connectivity index (χ3v) is 4.31. The number of aliphatic imine (C=N–C) groups is 1. The van der Waals surface area contributed by atoms with E-state index in [4.69, 9.17) is 4.99 Å². The van der Waals surface area contributed by atoms with Crippen molar-refractivity contribution in [3.05, 3.63) is 71.8 Å². The van der Waals surface area contributed by atoms with E-state index < -0.39 is 0 Å². The van der Waals surface area contributed by atoms with E-state index in [2.05, 4.69) is 36.4 Å². The topological polar surface area (TPSA) is 29.4 Å². The van der Waals surface area contributed by atoms with E-state index in [1.165, 1.54) is 11.1 Å². The minimum Gasteiger partial charge on any atom is -0.300 e. The van der Waals surface area contributed by atoms with Gasteiger partial charge in [0.05, 0.1) is 5.71 Å². The number of nitrogens with zero attached hydrogens (tertiary/aromatic N) is 1. The molecule has 1 atom stereocenters. The molecule has 2 aromatic carbocycles. The molecule has 0 radical (unpaired) electrons. The monoisotopic (exact) mass is 291 g/mol. The third kappa shape index (κ3) is 3.16. The summed E-state index contributed by atoms with van der Waals surface area (Å²) in [6, 6.07) is 20.7. The lowest BCUT2D eigenvalue weighted by Crippen LogP contribution is -2.24. The van der Waals surface area contributed by atoms with E-state index in [1.54, 1.807) is 0 Å². The molecule has 2 aromatic rings. The number of Topliss-reactive ketones (excluding diaryl/α,β-unsaturated/α-hetero) is 1. The molecule has 2 heteroatoms. The Balaban J connectivity index is 1.78. The SMILES string of the molecule is CCC(=O)CCC1(Cc2ccccc2)N=C1c1ccccc1. The molecule has 0 N–H and O–H groups in total. The summed E-state index contributed by atoms with van der Waals surface area (Å²) in [6.45, 7) is 1.93. The molecule has 22 heavy (non-hydrogen) atoms. The van der Waals surface area contributed by atoms with Crippen LogP contribution in [0, 0.1) is 0 Å². The lowest BCUT2D eigenvalue weighted by Gasteiger charge is -2.15. The molecule has 1 aliphatic rings. The Morgan fingerprint density at radius 1 is 1.00 bits per heavy atom. The highest BCUT2D eigenvalue weighted by atomic mass is 16.1. The van der Waals surface area contributed by atoms with Crippen molar-refractivity contribution >= 4 is 11.5 Å². The maximum Gasteiger partial charge on any atom is 0.132 e. The largest absolute Gasteiger partial charge is 0.300 e. The van der Waals surface area contributed by atoms with E-state index in [0.717, 1.165) is 18.6 Å². The zero-order valence-electron chi connectivity index (χ0n) is 13.0. The average Bonchev–Trinajstić information content (AvgIpc) is 3.28. The Kier molecular flexibility index (Phi) is 4.19. The molecule has 2 nitrogen and oxygen atoms in total. The molecule has 0 aliphatic carbocycles. The molecule has 112 valence electrons. The first-order chi connectivity index (χ1) is 10.7. The van der Waals surface area contributed by atoms with Gasteiger partial charge in [-0.15, -0.1) is 0 Å².